The van der Waals surface area contributed by atoms with Crippen LogP contribution in [0.5, 0.6) is 11.5 Å². The average molecular weight is 280 g/mol. The highest BCUT2D eigenvalue weighted by atomic mass is 16.5. The average Bonchev–Trinajstić information content (AvgIpc) is 2.50. The van der Waals surface area contributed by atoms with Crippen LogP contribution in [0.2, 0.25) is 0 Å². The molecule has 21 heavy (non-hydrogen) atoms. The number of ether oxygens (including phenoxy) is 2. The molecule has 0 radical (unpaired) electrons. The number of ketones is 1. The third-order valence-electron chi connectivity index (χ3n) is 3.49. The van der Waals surface area contributed by atoms with Crippen molar-refractivity contribution >= 4 is 11.9 Å². The number of methoxy groups -OCH3 is 1. The van der Waals surface area contributed by atoms with Gasteiger partial charge in [0.1, 0.15) is 18.1 Å². The topological polar surface area (TPSA) is 35.5 Å². The van der Waals surface area contributed by atoms with Gasteiger partial charge in [0, 0.05) is 5.57 Å². The van der Waals surface area contributed by atoms with Gasteiger partial charge < -0.3 is 9.47 Å². The van der Waals surface area contributed by atoms with Gasteiger partial charge in [-0.05, 0) is 36.8 Å². The maximum atomic E-state index is 12.6. The number of benzene rings is 2. The molecule has 106 valence electrons. The molecule has 0 saturated heterocycles. The number of aryl methyl sites for hydroxylation is 1. The van der Waals surface area contributed by atoms with Crippen LogP contribution in [0.3, 0.4) is 0 Å². The van der Waals surface area contributed by atoms with E-state index < -0.39 is 0 Å². The molecule has 0 N–H and O–H groups in total. The minimum atomic E-state index is -0.00310. The second-order valence-corrected chi connectivity index (χ2v) is 5.06. The van der Waals surface area contributed by atoms with Crippen LogP contribution in [-0.4, -0.2) is 19.5 Å². The first-order valence-electron chi connectivity index (χ1n) is 6.80. The number of carbonyl (C=O) groups is 1. The summed E-state index contributed by atoms with van der Waals surface area (Å²) in [5.74, 6) is 1.27. The Labute approximate surface area is 123 Å². The number of hydrogen-bond acceptors (Lipinski definition) is 3. The predicted octanol–water partition coefficient (Wildman–Crippen LogP) is 3.66. The summed E-state index contributed by atoms with van der Waals surface area (Å²) in [5.41, 5.74) is 3.38. The van der Waals surface area contributed by atoms with Crippen molar-refractivity contribution in [3.63, 3.8) is 0 Å². The third kappa shape index (κ3) is 2.68. The van der Waals surface area contributed by atoms with Gasteiger partial charge in [-0.3, -0.25) is 4.79 Å². The van der Waals surface area contributed by atoms with Crippen LogP contribution in [0.25, 0.3) is 6.08 Å². The highest BCUT2D eigenvalue weighted by molar-refractivity contribution is 6.14. The molecule has 3 rings (SSSR count). The summed E-state index contributed by atoms with van der Waals surface area (Å²) in [6.45, 7) is 2.33. The molecule has 1 aliphatic heterocycles. The molecule has 0 bridgehead atoms. The molecule has 3 heteroatoms. The summed E-state index contributed by atoms with van der Waals surface area (Å²) >= 11 is 0. The zero-order valence-corrected chi connectivity index (χ0v) is 12.1. The quantitative estimate of drug-likeness (QED) is 0.787. The molecule has 0 saturated carbocycles. The van der Waals surface area contributed by atoms with Crippen LogP contribution in [0.15, 0.2) is 48.0 Å². The Kier molecular flexibility index (Phi) is 3.48. The molecule has 0 amide bonds. The largest absolute Gasteiger partial charge is 0.497 e. The van der Waals surface area contributed by atoms with Crippen LogP contribution in [0, 0.1) is 6.92 Å². The monoisotopic (exact) mass is 280 g/mol. The molecule has 0 fully saturated rings. The number of Topliss-reactive ketones (excluding diaryl/α,β-unsaturated/α-hetero) is 1. The first-order valence-corrected chi connectivity index (χ1v) is 6.80. The van der Waals surface area contributed by atoms with Gasteiger partial charge in [-0.1, -0.05) is 29.8 Å². The van der Waals surface area contributed by atoms with E-state index in [1.807, 2.05) is 37.3 Å². The highest BCUT2D eigenvalue weighted by Crippen LogP contribution is 2.31. The molecular formula is C18H16O3. The normalized spacial score (nSPS) is 15.5. The van der Waals surface area contributed by atoms with Crippen molar-refractivity contribution in [3.8, 4) is 11.5 Å². The summed E-state index contributed by atoms with van der Waals surface area (Å²) in [4.78, 5) is 12.6. The fourth-order valence-electron chi connectivity index (χ4n) is 2.40. The lowest BCUT2D eigenvalue weighted by molar-refractivity contribution is 0.100. The Morgan fingerprint density at radius 1 is 1.19 bits per heavy atom. The van der Waals surface area contributed by atoms with Gasteiger partial charge in [0.2, 0.25) is 0 Å². The molecule has 2 aromatic rings. The van der Waals surface area contributed by atoms with Crippen LogP contribution in [0.4, 0.5) is 0 Å². The van der Waals surface area contributed by atoms with Crippen LogP contribution in [0.1, 0.15) is 21.5 Å². The van der Waals surface area contributed by atoms with Gasteiger partial charge in [-0.2, -0.15) is 0 Å². The summed E-state index contributed by atoms with van der Waals surface area (Å²) < 4.78 is 10.8. The minimum Gasteiger partial charge on any atom is -0.497 e. The first-order chi connectivity index (χ1) is 10.2. The van der Waals surface area contributed by atoms with Gasteiger partial charge >= 0.3 is 0 Å². The summed E-state index contributed by atoms with van der Waals surface area (Å²) in [5, 5.41) is 0. The molecule has 3 nitrogen and oxygen atoms in total. The number of carbonyl (C=O) groups excluding carboxylic acids is 1. The number of rotatable bonds is 2. The van der Waals surface area contributed by atoms with E-state index in [2.05, 4.69) is 0 Å². The van der Waals surface area contributed by atoms with E-state index in [0.29, 0.717) is 29.2 Å². The van der Waals surface area contributed by atoms with E-state index >= 15 is 0 Å². The first kappa shape index (κ1) is 13.4. The number of fused-ring (bicyclic) bond motifs is 1. The Bertz CT molecular complexity index is 729. The van der Waals surface area contributed by atoms with Crippen molar-refractivity contribution in [2.75, 3.05) is 13.7 Å². The molecule has 0 aromatic heterocycles. The van der Waals surface area contributed by atoms with E-state index in [1.54, 1.807) is 25.3 Å². The van der Waals surface area contributed by atoms with Crippen molar-refractivity contribution in [1.29, 1.82) is 0 Å². The standard InChI is InChI=1S/C18H16O3/c1-12-4-3-5-13(8-12)9-14-11-21-17-7-6-15(20-2)10-16(17)18(14)19/h3-10H,11H2,1-2H3. The molecule has 2 aromatic carbocycles. The molecule has 0 atom stereocenters. The Morgan fingerprint density at radius 2 is 2.05 bits per heavy atom. The second kappa shape index (κ2) is 5.44. The zero-order chi connectivity index (χ0) is 14.8. The van der Waals surface area contributed by atoms with Crippen molar-refractivity contribution in [3.05, 3.63) is 64.7 Å². The molecule has 0 unspecified atom stereocenters. The molecular weight excluding hydrogens is 264 g/mol. The van der Waals surface area contributed by atoms with Crippen molar-refractivity contribution in [2.45, 2.75) is 6.92 Å². The van der Waals surface area contributed by atoms with E-state index in [-0.39, 0.29) is 5.78 Å². The number of hydrogen-bond donors (Lipinski definition) is 0. The van der Waals surface area contributed by atoms with Gasteiger partial charge in [0.25, 0.3) is 0 Å². The van der Waals surface area contributed by atoms with E-state index in [1.165, 1.54) is 0 Å². The summed E-state index contributed by atoms with van der Waals surface area (Å²) in [6, 6.07) is 13.3. The van der Waals surface area contributed by atoms with Crippen molar-refractivity contribution in [1.82, 2.24) is 0 Å². The Hall–Kier alpha value is -2.55. The summed E-state index contributed by atoms with van der Waals surface area (Å²) in [6.07, 6.45) is 1.89. The lowest BCUT2D eigenvalue weighted by Crippen LogP contribution is -2.19. The minimum absolute atomic E-state index is 0.00310. The molecule has 0 aliphatic carbocycles. The Balaban J connectivity index is 1.98. The van der Waals surface area contributed by atoms with Crippen LogP contribution in [-0.2, 0) is 0 Å². The zero-order valence-electron chi connectivity index (χ0n) is 12.1. The van der Waals surface area contributed by atoms with E-state index in [9.17, 15) is 4.79 Å². The third-order valence-corrected chi connectivity index (χ3v) is 3.49. The Morgan fingerprint density at radius 3 is 2.81 bits per heavy atom. The van der Waals surface area contributed by atoms with Gasteiger partial charge in [0.15, 0.2) is 5.78 Å². The van der Waals surface area contributed by atoms with Crippen LogP contribution >= 0.6 is 0 Å². The lowest BCUT2D eigenvalue weighted by Gasteiger charge is -2.19. The SMILES string of the molecule is COc1ccc2c(c1)C(=O)C(=Cc1cccc(C)c1)CO2. The summed E-state index contributed by atoms with van der Waals surface area (Å²) in [7, 11) is 1.58. The second-order valence-electron chi connectivity index (χ2n) is 5.06. The molecule has 0 spiro atoms. The van der Waals surface area contributed by atoms with Gasteiger partial charge in [-0.25, -0.2) is 0 Å². The van der Waals surface area contributed by atoms with E-state index in [0.717, 1.165) is 11.1 Å². The van der Waals surface area contributed by atoms with Crippen molar-refractivity contribution < 1.29 is 14.3 Å². The van der Waals surface area contributed by atoms with Crippen LogP contribution < -0.4 is 9.47 Å². The van der Waals surface area contributed by atoms with Gasteiger partial charge in [-0.15, -0.1) is 0 Å². The molecule has 1 aliphatic rings. The highest BCUT2D eigenvalue weighted by Gasteiger charge is 2.23. The van der Waals surface area contributed by atoms with E-state index in [4.69, 9.17) is 9.47 Å². The smallest absolute Gasteiger partial charge is 0.196 e. The maximum Gasteiger partial charge on any atom is 0.196 e. The van der Waals surface area contributed by atoms with Gasteiger partial charge in [0.05, 0.1) is 12.7 Å². The fourth-order valence-corrected chi connectivity index (χ4v) is 2.40. The predicted molar refractivity (Wildman–Crippen MR) is 82.0 cm³/mol. The molecule has 1 heterocycles. The maximum absolute atomic E-state index is 12.6. The fraction of sp³-hybridized carbons (Fsp3) is 0.167. The lowest BCUT2D eigenvalue weighted by atomic mass is 9.98. The van der Waals surface area contributed by atoms with Crippen molar-refractivity contribution in [2.24, 2.45) is 0 Å².